The van der Waals surface area contributed by atoms with Crippen LogP contribution < -0.4 is 10.1 Å². The lowest BCUT2D eigenvalue weighted by atomic mass is 10.0. The van der Waals surface area contributed by atoms with Crippen molar-refractivity contribution in [2.75, 3.05) is 18.5 Å². The van der Waals surface area contributed by atoms with Crippen LogP contribution in [0, 0.1) is 6.92 Å². The van der Waals surface area contributed by atoms with E-state index in [4.69, 9.17) is 14.5 Å². The normalized spacial score (nSPS) is 16.1. The summed E-state index contributed by atoms with van der Waals surface area (Å²) in [6.07, 6.45) is 5.01. The van der Waals surface area contributed by atoms with Crippen molar-refractivity contribution in [1.82, 2.24) is 24.9 Å². The molecule has 1 atom stereocenters. The molecule has 1 aliphatic rings. The van der Waals surface area contributed by atoms with E-state index < -0.39 is 0 Å². The van der Waals surface area contributed by atoms with Crippen LogP contribution in [0.25, 0.3) is 21.9 Å². The number of pyridine rings is 1. The van der Waals surface area contributed by atoms with Crippen molar-refractivity contribution >= 4 is 27.8 Å². The molecule has 1 unspecified atom stereocenters. The molecule has 1 saturated heterocycles. The second-order valence-corrected chi connectivity index (χ2v) is 7.64. The Morgan fingerprint density at radius 1 is 1.20 bits per heavy atom. The Kier molecular flexibility index (Phi) is 4.92. The molecule has 0 aliphatic carbocycles. The van der Waals surface area contributed by atoms with Gasteiger partial charge in [-0.05, 0) is 30.9 Å². The summed E-state index contributed by atoms with van der Waals surface area (Å²) in [5.41, 5.74) is 3.45. The zero-order chi connectivity index (χ0) is 20.5. The van der Waals surface area contributed by atoms with Gasteiger partial charge in [0.05, 0.1) is 31.3 Å². The second-order valence-electron chi connectivity index (χ2n) is 7.64. The van der Waals surface area contributed by atoms with Crippen molar-refractivity contribution in [3.8, 4) is 5.88 Å². The molecular weight excluding hydrogens is 380 g/mol. The topological polar surface area (TPSA) is 97.8 Å². The standard InChI is InChI=1S/C22H24N6O2/c1-13-4-3-5-15-10-17(28-22(18(13)15)30-16-6-8-29-9-7-16)14(2)27-21-19-20(24-11-23-19)25-12-26-21/h3-5,10-12,14,16H,6-9H2,1-2H3,(H2,23,24,25,26,27). The smallest absolute Gasteiger partial charge is 0.222 e. The van der Waals surface area contributed by atoms with Gasteiger partial charge in [0.25, 0.3) is 0 Å². The van der Waals surface area contributed by atoms with E-state index in [-0.39, 0.29) is 12.1 Å². The van der Waals surface area contributed by atoms with E-state index in [9.17, 15) is 0 Å². The van der Waals surface area contributed by atoms with Crippen molar-refractivity contribution in [3.63, 3.8) is 0 Å². The van der Waals surface area contributed by atoms with Gasteiger partial charge >= 0.3 is 0 Å². The Morgan fingerprint density at radius 2 is 2.07 bits per heavy atom. The Hall–Kier alpha value is -3.26. The molecule has 0 radical (unpaired) electrons. The molecule has 1 fully saturated rings. The summed E-state index contributed by atoms with van der Waals surface area (Å²) in [5.74, 6) is 1.39. The number of aromatic nitrogens is 5. The highest BCUT2D eigenvalue weighted by Crippen LogP contribution is 2.32. The van der Waals surface area contributed by atoms with Crippen LogP contribution >= 0.6 is 0 Å². The summed E-state index contributed by atoms with van der Waals surface area (Å²) in [6, 6.07) is 8.29. The maximum Gasteiger partial charge on any atom is 0.222 e. The van der Waals surface area contributed by atoms with Crippen LogP contribution in [0.1, 0.15) is 37.1 Å². The fraction of sp³-hybridized carbons (Fsp3) is 0.364. The molecule has 5 rings (SSSR count). The summed E-state index contributed by atoms with van der Waals surface area (Å²) < 4.78 is 11.9. The summed E-state index contributed by atoms with van der Waals surface area (Å²) >= 11 is 0. The molecule has 0 amide bonds. The highest BCUT2D eigenvalue weighted by molar-refractivity contribution is 5.90. The molecule has 8 nitrogen and oxygen atoms in total. The zero-order valence-corrected chi connectivity index (χ0v) is 17.1. The SMILES string of the molecule is Cc1cccc2cc(C(C)Nc3ncnc4nc[nH]c34)nc(OC3CCOCC3)c12. The molecule has 30 heavy (non-hydrogen) atoms. The molecule has 2 N–H and O–H groups in total. The minimum atomic E-state index is -0.0895. The van der Waals surface area contributed by atoms with Crippen LogP contribution in [0.2, 0.25) is 0 Å². The summed E-state index contributed by atoms with van der Waals surface area (Å²) in [6.45, 7) is 5.62. The van der Waals surface area contributed by atoms with Gasteiger partial charge < -0.3 is 19.8 Å². The Morgan fingerprint density at radius 3 is 2.93 bits per heavy atom. The van der Waals surface area contributed by atoms with Gasteiger partial charge in [0, 0.05) is 18.2 Å². The van der Waals surface area contributed by atoms with Crippen molar-refractivity contribution in [3.05, 3.63) is 48.2 Å². The van der Waals surface area contributed by atoms with Crippen LogP contribution in [-0.2, 0) is 4.74 Å². The van der Waals surface area contributed by atoms with E-state index in [2.05, 4.69) is 63.4 Å². The van der Waals surface area contributed by atoms with E-state index in [0.717, 1.165) is 53.6 Å². The third kappa shape index (κ3) is 3.54. The van der Waals surface area contributed by atoms with Crippen molar-refractivity contribution in [2.45, 2.75) is 38.8 Å². The van der Waals surface area contributed by atoms with E-state index in [1.807, 2.05) is 0 Å². The number of ether oxygens (including phenoxy) is 2. The molecule has 3 aromatic heterocycles. The lowest BCUT2D eigenvalue weighted by Gasteiger charge is -2.24. The number of hydrogen-bond donors (Lipinski definition) is 2. The highest BCUT2D eigenvalue weighted by Gasteiger charge is 2.20. The molecule has 1 aliphatic heterocycles. The first-order valence-electron chi connectivity index (χ1n) is 10.2. The van der Waals surface area contributed by atoms with Crippen molar-refractivity contribution in [2.24, 2.45) is 0 Å². The minimum Gasteiger partial charge on any atom is -0.474 e. The first-order valence-corrected chi connectivity index (χ1v) is 10.2. The monoisotopic (exact) mass is 404 g/mol. The Balaban J connectivity index is 1.51. The Bertz CT molecular complexity index is 1180. The first-order chi connectivity index (χ1) is 14.7. The highest BCUT2D eigenvalue weighted by atomic mass is 16.5. The number of nitrogens with one attached hydrogen (secondary N) is 2. The molecule has 8 heteroatoms. The molecular formula is C22H24N6O2. The number of imidazole rings is 1. The molecule has 4 aromatic rings. The van der Waals surface area contributed by atoms with Crippen molar-refractivity contribution in [1.29, 1.82) is 0 Å². The summed E-state index contributed by atoms with van der Waals surface area (Å²) in [4.78, 5) is 20.8. The number of nitrogens with zero attached hydrogens (tertiary/aromatic N) is 4. The largest absolute Gasteiger partial charge is 0.474 e. The number of H-pyrrole nitrogens is 1. The molecule has 4 heterocycles. The third-order valence-corrected chi connectivity index (χ3v) is 5.52. The maximum atomic E-state index is 6.39. The lowest BCUT2D eigenvalue weighted by Crippen LogP contribution is -2.26. The minimum absolute atomic E-state index is 0.0895. The fourth-order valence-corrected chi connectivity index (χ4v) is 3.88. The fourth-order valence-electron chi connectivity index (χ4n) is 3.88. The number of anilines is 1. The number of hydrogen-bond acceptors (Lipinski definition) is 7. The molecule has 154 valence electrons. The van der Waals surface area contributed by atoms with Crippen LogP contribution in [-0.4, -0.2) is 44.2 Å². The number of benzene rings is 1. The van der Waals surface area contributed by atoms with E-state index in [1.165, 1.54) is 6.33 Å². The molecule has 1 aromatic carbocycles. The van der Waals surface area contributed by atoms with Gasteiger partial charge in [0.2, 0.25) is 5.88 Å². The van der Waals surface area contributed by atoms with Crippen molar-refractivity contribution < 1.29 is 9.47 Å². The van der Waals surface area contributed by atoms with E-state index in [0.29, 0.717) is 17.3 Å². The van der Waals surface area contributed by atoms with Crippen LogP contribution in [0.3, 0.4) is 0 Å². The molecule has 0 bridgehead atoms. The Labute approximate surface area is 174 Å². The number of rotatable bonds is 5. The third-order valence-electron chi connectivity index (χ3n) is 5.52. The summed E-state index contributed by atoms with van der Waals surface area (Å²) in [5, 5.41) is 5.62. The van der Waals surface area contributed by atoms with Gasteiger partial charge in [-0.3, -0.25) is 0 Å². The van der Waals surface area contributed by atoms with Gasteiger partial charge in [-0.1, -0.05) is 18.2 Å². The van der Waals surface area contributed by atoms with E-state index in [1.54, 1.807) is 6.33 Å². The van der Waals surface area contributed by atoms with Crippen LogP contribution in [0.5, 0.6) is 5.88 Å². The van der Waals surface area contributed by atoms with Gasteiger partial charge in [-0.2, -0.15) is 0 Å². The molecule has 0 spiro atoms. The first kappa shape index (κ1) is 18.7. The van der Waals surface area contributed by atoms with E-state index >= 15 is 0 Å². The maximum absolute atomic E-state index is 6.39. The van der Waals surface area contributed by atoms with Gasteiger partial charge in [0.1, 0.15) is 17.9 Å². The molecule has 0 saturated carbocycles. The average molecular weight is 404 g/mol. The number of aryl methyl sites for hydroxylation is 1. The second kappa shape index (κ2) is 7.87. The van der Waals surface area contributed by atoms with Gasteiger partial charge in [0.15, 0.2) is 11.5 Å². The number of fused-ring (bicyclic) bond motifs is 2. The van der Waals surface area contributed by atoms with Gasteiger partial charge in [-0.15, -0.1) is 0 Å². The van der Waals surface area contributed by atoms with Crippen LogP contribution in [0.15, 0.2) is 36.9 Å². The average Bonchev–Trinajstić information content (AvgIpc) is 3.24. The quantitative estimate of drug-likeness (QED) is 0.520. The number of aromatic amines is 1. The van der Waals surface area contributed by atoms with Gasteiger partial charge in [-0.25, -0.2) is 19.9 Å². The summed E-state index contributed by atoms with van der Waals surface area (Å²) in [7, 11) is 0. The van der Waals surface area contributed by atoms with Crippen LogP contribution in [0.4, 0.5) is 5.82 Å². The predicted molar refractivity (Wildman–Crippen MR) is 115 cm³/mol. The predicted octanol–water partition coefficient (Wildman–Crippen LogP) is 3.94. The lowest BCUT2D eigenvalue weighted by molar-refractivity contribution is 0.0243. The zero-order valence-electron chi connectivity index (χ0n) is 17.1.